The number of aliphatic imine (C=N–C) groups is 1. The number of benzene rings is 3. The molecule has 0 radical (unpaired) electrons. The van der Waals surface area contributed by atoms with E-state index in [9.17, 15) is 13.6 Å². The van der Waals surface area contributed by atoms with Crippen molar-refractivity contribution < 1.29 is 27.8 Å². The minimum absolute atomic E-state index is 0.103. The van der Waals surface area contributed by atoms with E-state index in [1.54, 1.807) is 6.07 Å². The Kier molecular flexibility index (Phi) is 7.08. The number of nitrogens with zero attached hydrogens (tertiary/aromatic N) is 1. The molecule has 3 aromatic carbocycles. The molecule has 30 heavy (non-hydrogen) atoms. The van der Waals surface area contributed by atoms with Crippen LogP contribution in [-0.2, 0) is 9.53 Å². The summed E-state index contributed by atoms with van der Waals surface area (Å²) in [6.45, 7) is -3.10. The number of ketones is 1. The van der Waals surface area contributed by atoms with Gasteiger partial charge < -0.3 is 14.2 Å². The molecule has 0 aromatic heterocycles. The lowest BCUT2D eigenvalue weighted by Crippen LogP contribution is -2.17. The molecule has 5 nitrogen and oxygen atoms in total. The third kappa shape index (κ3) is 5.18. The van der Waals surface area contributed by atoms with Crippen LogP contribution >= 0.6 is 0 Å². The van der Waals surface area contributed by atoms with Crippen LogP contribution in [0.15, 0.2) is 65.7 Å². The van der Waals surface area contributed by atoms with Crippen molar-refractivity contribution in [3.05, 3.63) is 71.8 Å². The maximum atomic E-state index is 12.6. The summed E-state index contributed by atoms with van der Waals surface area (Å²) >= 11 is 0. The molecule has 0 amide bonds. The Hall–Kier alpha value is -3.32. The van der Waals surface area contributed by atoms with Gasteiger partial charge in [-0.3, -0.25) is 9.79 Å². The van der Waals surface area contributed by atoms with Crippen LogP contribution in [-0.4, -0.2) is 39.4 Å². The number of carbonyl (C=O) groups excluding carboxylic acids is 1. The topological polar surface area (TPSA) is 57.1 Å². The summed E-state index contributed by atoms with van der Waals surface area (Å²) in [4.78, 5) is 16.8. The van der Waals surface area contributed by atoms with Crippen LogP contribution in [0.1, 0.15) is 17.2 Å². The third-order valence-electron chi connectivity index (χ3n) is 4.50. The van der Waals surface area contributed by atoms with Gasteiger partial charge in [-0.2, -0.15) is 8.78 Å². The summed E-state index contributed by atoms with van der Waals surface area (Å²) in [5.74, 6) is -0.144. The van der Waals surface area contributed by atoms with Gasteiger partial charge in [0.25, 0.3) is 0 Å². The Morgan fingerprint density at radius 1 is 1.00 bits per heavy atom. The maximum absolute atomic E-state index is 12.6. The first-order valence-corrected chi connectivity index (χ1v) is 9.18. The highest BCUT2D eigenvalue weighted by Gasteiger charge is 2.19. The summed E-state index contributed by atoms with van der Waals surface area (Å²) < 4.78 is 39.9. The standard InChI is InChI=1S/C23H21F2NO4/c1-28-20-10-7-15(11-21(20)30-23(24)25)13-26-14-19(27)22(29-2)18-9-8-16-5-3-4-6-17(16)12-18/h3-13,22-23H,14H2,1-2H3. The van der Waals surface area contributed by atoms with Crippen molar-refractivity contribution in [2.45, 2.75) is 12.7 Å². The molecule has 0 bridgehead atoms. The Balaban J connectivity index is 1.72. The number of fused-ring (bicyclic) bond motifs is 1. The van der Waals surface area contributed by atoms with Crippen LogP contribution in [0.5, 0.6) is 11.5 Å². The van der Waals surface area contributed by atoms with Crippen molar-refractivity contribution >= 4 is 22.8 Å². The lowest BCUT2D eigenvalue weighted by molar-refractivity contribution is -0.127. The number of methoxy groups -OCH3 is 2. The molecule has 0 aliphatic rings. The van der Waals surface area contributed by atoms with Crippen molar-refractivity contribution in [3.63, 3.8) is 0 Å². The smallest absolute Gasteiger partial charge is 0.387 e. The number of halogens is 2. The van der Waals surface area contributed by atoms with Crippen LogP contribution < -0.4 is 9.47 Å². The molecular weight excluding hydrogens is 392 g/mol. The molecular formula is C23H21F2NO4. The molecule has 1 atom stereocenters. The zero-order valence-corrected chi connectivity index (χ0v) is 16.5. The quantitative estimate of drug-likeness (QED) is 0.472. The normalized spacial score (nSPS) is 12.4. The van der Waals surface area contributed by atoms with E-state index >= 15 is 0 Å². The molecule has 0 saturated carbocycles. The summed E-state index contributed by atoms with van der Waals surface area (Å²) in [5.41, 5.74) is 1.24. The zero-order chi connectivity index (χ0) is 21.5. The van der Waals surface area contributed by atoms with E-state index in [2.05, 4.69) is 9.73 Å². The molecule has 0 saturated heterocycles. The summed E-state index contributed by atoms with van der Waals surface area (Å²) in [7, 11) is 2.83. The van der Waals surface area contributed by atoms with Crippen molar-refractivity contribution in [3.8, 4) is 11.5 Å². The van der Waals surface area contributed by atoms with E-state index in [1.165, 1.54) is 32.6 Å². The number of rotatable bonds is 9. The summed E-state index contributed by atoms with van der Waals surface area (Å²) in [6, 6.07) is 18.1. The van der Waals surface area contributed by atoms with Crippen LogP contribution in [0.2, 0.25) is 0 Å². The Morgan fingerprint density at radius 3 is 2.47 bits per heavy atom. The fraction of sp³-hybridized carbons (Fsp3) is 0.217. The average molecular weight is 413 g/mol. The van der Waals surface area contributed by atoms with Crippen LogP contribution in [0.4, 0.5) is 8.78 Å². The van der Waals surface area contributed by atoms with Crippen molar-refractivity contribution in [2.24, 2.45) is 4.99 Å². The number of hydrogen-bond donors (Lipinski definition) is 0. The van der Waals surface area contributed by atoms with Crippen LogP contribution in [0.25, 0.3) is 10.8 Å². The fourth-order valence-electron chi connectivity index (χ4n) is 3.11. The van der Waals surface area contributed by atoms with Gasteiger partial charge in [-0.1, -0.05) is 36.4 Å². The second kappa shape index (κ2) is 9.93. The Labute approximate surface area is 172 Å². The predicted octanol–water partition coefficient (Wildman–Crippen LogP) is 4.83. The first-order chi connectivity index (χ1) is 14.5. The Morgan fingerprint density at radius 2 is 1.77 bits per heavy atom. The highest BCUT2D eigenvalue weighted by Crippen LogP contribution is 2.29. The number of alkyl halides is 2. The van der Waals surface area contributed by atoms with Gasteiger partial charge in [-0.25, -0.2) is 0 Å². The molecule has 156 valence electrons. The van der Waals surface area contributed by atoms with Gasteiger partial charge in [0.1, 0.15) is 12.6 Å². The predicted molar refractivity (Wildman–Crippen MR) is 111 cm³/mol. The van der Waals surface area contributed by atoms with E-state index in [1.807, 2.05) is 42.5 Å². The van der Waals surface area contributed by atoms with E-state index in [0.29, 0.717) is 5.56 Å². The second-order valence-electron chi connectivity index (χ2n) is 6.45. The van der Waals surface area contributed by atoms with Gasteiger partial charge in [0.15, 0.2) is 17.3 Å². The molecule has 0 fully saturated rings. The summed E-state index contributed by atoms with van der Waals surface area (Å²) in [6.07, 6.45) is 0.670. The molecule has 0 aliphatic carbocycles. The molecule has 0 N–H and O–H groups in total. The van der Waals surface area contributed by atoms with E-state index < -0.39 is 12.7 Å². The van der Waals surface area contributed by atoms with Gasteiger partial charge in [0.2, 0.25) is 0 Å². The van der Waals surface area contributed by atoms with Crippen LogP contribution in [0, 0.1) is 0 Å². The molecule has 0 spiro atoms. The molecule has 3 aromatic rings. The largest absolute Gasteiger partial charge is 0.493 e. The zero-order valence-electron chi connectivity index (χ0n) is 16.5. The number of hydrogen-bond acceptors (Lipinski definition) is 5. The molecule has 3 rings (SSSR count). The fourth-order valence-corrected chi connectivity index (χ4v) is 3.11. The number of carbonyl (C=O) groups is 1. The molecule has 1 unspecified atom stereocenters. The molecule has 0 aliphatic heterocycles. The summed E-state index contributed by atoms with van der Waals surface area (Å²) in [5, 5.41) is 2.08. The molecule has 0 heterocycles. The van der Waals surface area contributed by atoms with E-state index in [-0.39, 0.29) is 23.8 Å². The van der Waals surface area contributed by atoms with Crippen molar-refractivity contribution in [1.29, 1.82) is 0 Å². The number of ether oxygens (including phenoxy) is 3. The average Bonchev–Trinajstić information content (AvgIpc) is 2.74. The highest BCUT2D eigenvalue weighted by atomic mass is 19.3. The van der Waals surface area contributed by atoms with Gasteiger partial charge in [-0.05, 0) is 46.2 Å². The SMILES string of the molecule is COc1ccc(C=NCC(=O)C(OC)c2ccc3ccccc3c2)cc1OC(F)F. The van der Waals surface area contributed by atoms with Gasteiger partial charge in [-0.15, -0.1) is 0 Å². The second-order valence-corrected chi connectivity index (χ2v) is 6.45. The van der Waals surface area contributed by atoms with E-state index in [0.717, 1.165) is 16.3 Å². The number of Topliss-reactive ketones (excluding diaryl/α,β-unsaturated/α-hetero) is 1. The molecule has 7 heteroatoms. The van der Waals surface area contributed by atoms with Crippen molar-refractivity contribution in [1.82, 2.24) is 0 Å². The first-order valence-electron chi connectivity index (χ1n) is 9.18. The highest BCUT2D eigenvalue weighted by molar-refractivity contribution is 5.91. The van der Waals surface area contributed by atoms with Gasteiger partial charge in [0.05, 0.1) is 7.11 Å². The Bertz CT molecular complexity index is 1050. The monoisotopic (exact) mass is 413 g/mol. The minimum atomic E-state index is -2.97. The van der Waals surface area contributed by atoms with Gasteiger partial charge >= 0.3 is 6.61 Å². The maximum Gasteiger partial charge on any atom is 0.387 e. The lowest BCUT2D eigenvalue weighted by atomic mass is 10.0. The first kappa shape index (κ1) is 21.4. The lowest BCUT2D eigenvalue weighted by Gasteiger charge is -2.14. The van der Waals surface area contributed by atoms with E-state index in [4.69, 9.17) is 9.47 Å². The van der Waals surface area contributed by atoms with Crippen molar-refractivity contribution in [2.75, 3.05) is 20.8 Å². The van der Waals surface area contributed by atoms with Gasteiger partial charge in [0, 0.05) is 13.3 Å². The minimum Gasteiger partial charge on any atom is -0.493 e. The van der Waals surface area contributed by atoms with Crippen LogP contribution in [0.3, 0.4) is 0 Å². The third-order valence-corrected chi connectivity index (χ3v) is 4.50.